The van der Waals surface area contributed by atoms with Crippen molar-refractivity contribution in [3.8, 4) is 23.0 Å². The average molecular weight is 789 g/mol. The van der Waals surface area contributed by atoms with Crippen molar-refractivity contribution >= 4 is 28.7 Å². The van der Waals surface area contributed by atoms with Crippen LogP contribution in [0.3, 0.4) is 0 Å². The molecule has 2 aliphatic heterocycles. The van der Waals surface area contributed by atoms with Gasteiger partial charge < -0.3 is 38.1 Å². The summed E-state index contributed by atoms with van der Waals surface area (Å²) in [6.07, 6.45) is 3.85. The van der Waals surface area contributed by atoms with E-state index in [2.05, 4.69) is 29.2 Å². The zero-order valence-corrected chi connectivity index (χ0v) is 33.8. The fourth-order valence-corrected chi connectivity index (χ4v) is 8.55. The van der Waals surface area contributed by atoms with Gasteiger partial charge in [0, 0.05) is 36.5 Å². The van der Waals surface area contributed by atoms with Gasteiger partial charge in [0.1, 0.15) is 11.3 Å². The number of esters is 1. The number of Topliss-reactive ketones (excluding diaryl/α,β-unsaturated/α-hetero) is 1. The van der Waals surface area contributed by atoms with E-state index in [4.69, 9.17) is 28.7 Å². The van der Waals surface area contributed by atoms with E-state index in [0.717, 1.165) is 56.4 Å². The van der Waals surface area contributed by atoms with Crippen LogP contribution in [0.4, 0.5) is 0 Å². The molecule has 1 atom stereocenters. The Morgan fingerprint density at radius 2 is 1.47 bits per heavy atom. The number of ether oxygens (including phenoxy) is 5. The minimum absolute atomic E-state index is 0.0705. The van der Waals surface area contributed by atoms with Crippen molar-refractivity contribution in [1.82, 2.24) is 19.4 Å². The number of rotatable bonds is 16. The molecule has 1 aromatic heterocycles. The molecule has 0 unspecified atom stereocenters. The number of ketones is 1. The predicted octanol–water partition coefficient (Wildman–Crippen LogP) is 7.09. The first-order valence-corrected chi connectivity index (χ1v) is 20.0. The van der Waals surface area contributed by atoms with Crippen molar-refractivity contribution in [2.45, 2.75) is 44.1 Å². The molecule has 2 aliphatic rings. The summed E-state index contributed by atoms with van der Waals surface area (Å²) in [6.45, 7) is 4.61. The number of aromatic nitrogens is 2. The lowest BCUT2D eigenvalue weighted by atomic mass is 9.76. The number of nitrogens with zero attached hydrogens (tertiary/aromatic N) is 4. The van der Waals surface area contributed by atoms with Gasteiger partial charge in [0.2, 0.25) is 11.5 Å². The van der Waals surface area contributed by atoms with Crippen LogP contribution in [0.1, 0.15) is 69.0 Å². The van der Waals surface area contributed by atoms with Crippen LogP contribution in [0, 0.1) is 5.92 Å². The molecular weight excluding hydrogens is 737 g/mol. The number of imidazole rings is 1. The van der Waals surface area contributed by atoms with Gasteiger partial charge in [-0.05, 0) is 93.7 Å². The maximum Gasteiger partial charge on any atom is 0.341 e. The highest BCUT2D eigenvalue weighted by molar-refractivity contribution is 5.98. The van der Waals surface area contributed by atoms with Gasteiger partial charge in [-0.1, -0.05) is 54.6 Å². The minimum atomic E-state index is -0.448. The van der Waals surface area contributed by atoms with Crippen LogP contribution in [0.15, 0.2) is 91.0 Å². The summed E-state index contributed by atoms with van der Waals surface area (Å²) in [6, 6.07) is 28.8. The van der Waals surface area contributed by atoms with E-state index in [1.165, 1.54) is 12.7 Å². The number of amides is 1. The topological polar surface area (TPSA) is 122 Å². The second-order valence-corrected chi connectivity index (χ2v) is 15.0. The molecule has 304 valence electrons. The number of methoxy groups -OCH3 is 4. The molecule has 3 heterocycles. The number of carbonyl (C=O) groups excluding carboxylic acids is 3. The number of benzene rings is 4. The van der Waals surface area contributed by atoms with Crippen molar-refractivity contribution in [1.29, 1.82) is 0 Å². The number of carbonyl (C=O) groups is 3. The molecule has 2 fully saturated rings. The van der Waals surface area contributed by atoms with Crippen LogP contribution in [0.25, 0.3) is 11.0 Å². The Labute approximate surface area is 339 Å². The SMILES string of the molecule is COC(=O)c1ccccc1OCCCn1c(C(=O)C2CCN(CC[C@@]3(c4ccccc4)CCN(C(=O)c4cc(OC)c(OC)c(OC)c4)C3)CC2)nc2ccccc21. The molecule has 58 heavy (non-hydrogen) atoms. The van der Waals surface area contributed by atoms with Crippen molar-refractivity contribution in [3.05, 3.63) is 114 Å². The largest absolute Gasteiger partial charge is 0.493 e. The van der Waals surface area contributed by atoms with E-state index < -0.39 is 5.97 Å². The van der Waals surface area contributed by atoms with E-state index in [1.54, 1.807) is 51.7 Å². The number of hydrogen-bond acceptors (Lipinski definition) is 10. The fourth-order valence-electron chi connectivity index (χ4n) is 8.55. The molecule has 1 amide bonds. The Morgan fingerprint density at radius 1 is 0.776 bits per heavy atom. The number of fused-ring (bicyclic) bond motifs is 1. The lowest BCUT2D eigenvalue weighted by molar-refractivity contribution is 0.0595. The number of para-hydroxylation sites is 3. The summed E-state index contributed by atoms with van der Waals surface area (Å²) in [4.78, 5) is 49.6. The molecule has 0 spiro atoms. The Hall–Kier alpha value is -5.88. The van der Waals surface area contributed by atoms with Crippen molar-refractivity contribution in [2.75, 3.05) is 67.8 Å². The molecule has 5 aromatic rings. The van der Waals surface area contributed by atoms with E-state index in [1.807, 2.05) is 45.9 Å². The smallest absolute Gasteiger partial charge is 0.341 e. The summed E-state index contributed by atoms with van der Waals surface area (Å²) in [7, 11) is 6.00. The second kappa shape index (κ2) is 18.1. The van der Waals surface area contributed by atoms with E-state index in [9.17, 15) is 14.4 Å². The number of hydrogen-bond donors (Lipinski definition) is 0. The van der Waals surface area contributed by atoms with Crippen LogP contribution in [0.2, 0.25) is 0 Å². The van der Waals surface area contributed by atoms with Crippen LogP contribution in [-0.4, -0.2) is 105 Å². The third-order valence-corrected chi connectivity index (χ3v) is 11.8. The molecule has 0 saturated carbocycles. The molecule has 4 aromatic carbocycles. The van der Waals surface area contributed by atoms with Crippen molar-refractivity contribution < 1.29 is 38.1 Å². The molecule has 0 aliphatic carbocycles. The summed E-state index contributed by atoms with van der Waals surface area (Å²) in [5.74, 6) is 1.73. The molecule has 7 rings (SSSR count). The van der Waals surface area contributed by atoms with E-state index >= 15 is 0 Å². The minimum Gasteiger partial charge on any atom is -0.493 e. The molecule has 12 nitrogen and oxygen atoms in total. The molecule has 2 saturated heterocycles. The van der Waals surface area contributed by atoms with Gasteiger partial charge in [-0.15, -0.1) is 0 Å². The van der Waals surface area contributed by atoms with E-state index in [0.29, 0.717) is 72.6 Å². The quantitative estimate of drug-likeness (QED) is 0.0583. The third kappa shape index (κ3) is 8.38. The van der Waals surface area contributed by atoms with Gasteiger partial charge in [-0.2, -0.15) is 0 Å². The van der Waals surface area contributed by atoms with Crippen molar-refractivity contribution in [2.24, 2.45) is 5.92 Å². The Morgan fingerprint density at radius 3 is 2.17 bits per heavy atom. The Balaban J connectivity index is 0.990. The summed E-state index contributed by atoms with van der Waals surface area (Å²) < 4.78 is 29.5. The first-order chi connectivity index (χ1) is 28.3. The fraction of sp³-hybridized carbons (Fsp3) is 0.391. The van der Waals surface area contributed by atoms with Crippen LogP contribution in [0.5, 0.6) is 23.0 Å². The highest BCUT2D eigenvalue weighted by atomic mass is 16.5. The number of aryl methyl sites for hydroxylation is 1. The van der Waals surface area contributed by atoms with Gasteiger partial charge in [-0.3, -0.25) is 9.59 Å². The predicted molar refractivity (Wildman–Crippen MR) is 220 cm³/mol. The van der Waals surface area contributed by atoms with Gasteiger partial charge in [0.15, 0.2) is 17.3 Å². The molecule has 0 bridgehead atoms. The molecule has 0 radical (unpaired) electrons. The molecule has 0 N–H and O–H groups in total. The maximum absolute atomic E-state index is 14.2. The lowest BCUT2D eigenvalue weighted by Gasteiger charge is -2.36. The van der Waals surface area contributed by atoms with Gasteiger partial charge in [0.05, 0.1) is 46.1 Å². The summed E-state index contributed by atoms with van der Waals surface area (Å²) in [5.41, 5.74) is 3.61. The van der Waals surface area contributed by atoms with Gasteiger partial charge in [0.25, 0.3) is 5.91 Å². The van der Waals surface area contributed by atoms with Crippen LogP contribution < -0.4 is 18.9 Å². The zero-order valence-electron chi connectivity index (χ0n) is 33.8. The molecule has 12 heteroatoms. The highest BCUT2D eigenvalue weighted by Gasteiger charge is 2.42. The number of piperidine rings is 1. The van der Waals surface area contributed by atoms with Gasteiger partial charge in [-0.25, -0.2) is 9.78 Å². The summed E-state index contributed by atoms with van der Waals surface area (Å²) >= 11 is 0. The van der Waals surface area contributed by atoms with Gasteiger partial charge >= 0.3 is 5.97 Å². The normalized spacial score (nSPS) is 17.3. The first kappa shape index (κ1) is 40.3. The highest BCUT2D eigenvalue weighted by Crippen LogP contribution is 2.42. The first-order valence-electron chi connectivity index (χ1n) is 20.0. The van der Waals surface area contributed by atoms with Crippen molar-refractivity contribution in [3.63, 3.8) is 0 Å². The van der Waals surface area contributed by atoms with Crippen LogP contribution in [-0.2, 0) is 16.7 Å². The summed E-state index contributed by atoms with van der Waals surface area (Å²) in [5, 5.41) is 0. The average Bonchev–Trinajstić information content (AvgIpc) is 3.89. The monoisotopic (exact) mass is 788 g/mol. The Bertz CT molecular complexity index is 2210. The Kier molecular flexibility index (Phi) is 12.6. The zero-order chi connectivity index (χ0) is 40.6. The molecular formula is C46H52N4O8. The maximum atomic E-state index is 14.2. The lowest BCUT2D eigenvalue weighted by Crippen LogP contribution is -2.41. The second-order valence-electron chi connectivity index (χ2n) is 15.0. The van der Waals surface area contributed by atoms with E-state index in [-0.39, 0.29) is 23.0 Å². The number of likely N-dealkylation sites (tertiary alicyclic amines) is 2. The third-order valence-electron chi connectivity index (χ3n) is 11.8. The van der Waals surface area contributed by atoms with Crippen LogP contribution >= 0.6 is 0 Å². The standard InChI is InChI=1S/C46H52N4O8/c1-54-39-29-33(30-40(55-2)42(39)56-3)44(52)49-27-22-46(31-49,34-13-6-5-7-14-34)21-26-48-24-19-32(20-25-48)41(51)43-47-36-16-9-10-17-37(36)50(43)23-12-28-58-38-18-11-8-15-35(38)45(53)57-4/h5-11,13-18,29-30,32H,12,19-28,31H2,1-4H3/t46-/m1/s1.